The van der Waals surface area contributed by atoms with E-state index in [0.717, 1.165) is 51.5 Å². The van der Waals surface area contributed by atoms with Gasteiger partial charge in [-0.05, 0) is 49.9 Å². The third-order valence-corrected chi connectivity index (χ3v) is 8.15. The van der Waals surface area contributed by atoms with Gasteiger partial charge in [0.05, 0.1) is 4.90 Å². The third-order valence-electron chi connectivity index (χ3n) is 6.22. The van der Waals surface area contributed by atoms with Crippen LogP contribution < -0.4 is 5.32 Å². The minimum absolute atomic E-state index is 0.0495. The highest BCUT2D eigenvalue weighted by Crippen LogP contribution is 2.26. The molecule has 2 fully saturated rings. The first-order chi connectivity index (χ1) is 14.4. The van der Waals surface area contributed by atoms with E-state index in [1.54, 1.807) is 19.2 Å². The Labute approximate surface area is 179 Å². The van der Waals surface area contributed by atoms with Gasteiger partial charge < -0.3 is 10.2 Å². The van der Waals surface area contributed by atoms with Crippen molar-refractivity contribution < 1.29 is 18.0 Å². The van der Waals surface area contributed by atoms with Crippen molar-refractivity contribution in [3.8, 4) is 0 Å². The molecule has 0 radical (unpaired) electrons. The molecule has 0 unspecified atom stereocenters. The molecule has 3 rings (SSSR count). The lowest BCUT2D eigenvalue weighted by molar-refractivity contribution is -0.130. The maximum atomic E-state index is 12.9. The molecule has 166 valence electrons. The van der Waals surface area contributed by atoms with Gasteiger partial charge in [-0.15, -0.1) is 0 Å². The van der Waals surface area contributed by atoms with Crippen LogP contribution in [0.3, 0.4) is 0 Å². The molecule has 1 aromatic carbocycles. The zero-order valence-electron chi connectivity index (χ0n) is 17.8. The second kappa shape index (κ2) is 10.4. The zero-order chi connectivity index (χ0) is 21.6. The van der Waals surface area contributed by atoms with Crippen LogP contribution in [0.2, 0.25) is 0 Å². The van der Waals surface area contributed by atoms with E-state index >= 15 is 0 Å². The molecule has 0 aromatic heterocycles. The highest BCUT2D eigenvalue weighted by atomic mass is 32.2. The van der Waals surface area contributed by atoms with Crippen molar-refractivity contribution in [2.75, 3.05) is 26.7 Å². The van der Waals surface area contributed by atoms with Crippen LogP contribution in [0, 0.1) is 0 Å². The maximum Gasteiger partial charge on any atom is 0.251 e. The summed E-state index contributed by atoms with van der Waals surface area (Å²) in [7, 11) is -1.92. The average Bonchev–Trinajstić information content (AvgIpc) is 2.98. The van der Waals surface area contributed by atoms with Gasteiger partial charge >= 0.3 is 0 Å². The van der Waals surface area contributed by atoms with E-state index in [4.69, 9.17) is 0 Å². The second-order valence-corrected chi connectivity index (χ2v) is 10.3. The molecule has 8 heteroatoms. The van der Waals surface area contributed by atoms with Crippen molar-refractivity contribution in [3.05, 3.63) is 29.8 Å². The number of carbonyl (C=O) groups excluding carboxylic acids is 2. The Morgan fingerprint density at radius 3 is 2.43 bits per heavy atom. The Hall–Kier alpha value is -1.93. The van der Waals surface area contributed by atoms with Gasteiger partial charge in [-0.25, -0.2) is 8.42 Å². The summed E-state index contributed by atoms with van der Waals surface area (Å²) in [5.74, 6) is -0.111. The number of carbonyl (C=O) groups is 2. The van der Waals surface area contributed by atoms with E-state index in [0.29, 0.717) is 25.1 Å². The predicted molar refractivity (Wildman–Crippen MR) is 116 cm³/mol. The summed E-state index contributed by atoms with van der Waals surface area (Å²) in [6.45, 7) is 1.63. The molecular weight excluding hydrogens is 402 g/mol. The first kappa shape index (κ1) is 22.7. The number of rotatable bonds is 7. The Balaban J connectivity index is 1.55. The highest BCUT2D eigenvalue weighted by molar-refractivity contribution is 7.89. The average molecular weight is 436 g/mol. The standard InChI is InChI=1S/C22H33N3O4S/c1-24(19-8-4-2-5-9-19)30(28,29)20-13-11-18(12-14-20)22(27)23-15-17-25-16-7-3-6-10-21(25)26/h11-14,19H,2-10,15-17H2,1H3,(H,23,27). The van der Waals surface area contributed by atoms with Crippen LogP contribution in [0.25, 0.3) is 0 Å². The van der Waals surface area contributed by atoms with E-state index in [9.17, 15) is 18.0 Å². The first-order valence-corrected chi connectivity index (χ1v) is 12.5. The van der Waals surface area contributed by atoms with Crippen LogP contribution in [-0.2, 0) is 14.8 Å². The molecule has 0 atom stereocenters. The Morgan fingerprint density at radius 1 is 1.07 bits per heavy atom. The lowest BCUT2D eigenvalue weighted by Crippen LogP contribution is -2.38. The van der Waals surface area contributed by atoms with Crippen molar-refractivity contribution in [2.45, 2.75) is 68.7 Å². The number of hydrogen-bond acceptors (Lipinski definition) is 4. The maximum absolute atomic E-state index is 12.9. The number of sulfonamides is 1. The first-order valence-electron chi connectivity index (χ1n) is 11.0. The predicted octanol–water partition coefficient (Wildman–Crippen LogP) is 2.77. The molecule has 1 saturated heterocycles. The van der Waals surface area contributed by atoms with Crippen LogP contribution >= 0.6 is 0 Å². The summed E-state index contributed by atoms with van der Waals surface area (Å²) in [6, 6.07) is 6.15. The molecule has 1 aliphatic carbocycles. The molecule has 0 spiro atoms. The summed E-state index contributed by atoms with van der Waals surface area (Å²) < 4.78 is 27.3. The van der Waals surface area contributed by atoms with E-state index in [1.165, 1.54) is 22.9 Å². The SMILES string of the molecule is CN(C1CCCCC1)S(=O)(=O)c1ccc(C(=O)NCCN2CCCCCC2=O)cc1. The highest BCUT2D eigenvalue weighted by Gasteiger charge is 2.29. The smallest absolute Gasteiger partial charge is 0.251 e. The molecular formula is C22H33N3O4S. The number of likely N-dealkylation sites (tertiary alicyclic amines) is 1. The van der Waals surface area contributed by atoms with Gasteiger partial charge in [-0.3, -0.25) is 9.59 Å². The summed E-state index contributed by atoms with van der Waals surface area (Å²) >= 11 is 0. The van der Waals surface area contributed by atoms with E-state index in [-0.39, 0.29) is 22.8 Å². The normalized spacial score (nSPS) is 19.0. The van der Waals surface area contributed by atoms with Gasteiger partial charge in [-0.2, -0.15) is 4.31 Å². The van der Waals surface area contributed by atoms with Crippen LogP contribution in [0.15, 0.2) is 29.2 Å². The van der Waals surface area contributed by atoms with Crippen molar-refractivity contribution in [2.24, 2.45) is 0 Å². The molecule has 2 aliphatic rings. The summed E-state index contributed by atoms with van der Waals surface area (Å²) in [6.07, 6.45) is 8.68. The third kappa shape index (κ3) is 5.60. The number of nitrogens with one attached hydrogen (secondary N) is 1. The summed E-state index contributed by atoms with van der Waals surface area (Å²) in [4.78, 5) is 26.4. The van der Waals surface area contributed by atoms with Crippen molar-refractivity contribution in [3.63, 3.8) is 0 Å². The van der Waals surface area contributed by atoms with Gasteiger partial charge in [-0.1, -0.05) is 25.7 Å². The minimum atomic E-state index is -3.56. The molecule has 1 heterocycles. The number of amides is 2. The molecule has 0 bridgehead atoms. The Bertz CT molecular complexity index is 832. The van der Waals surface area contributed by atoms with Crippen LogP contribution in [0.5, 0.6) is 0 Å². The van der Waals surface area contributed by atoms with Crippen molar-refractivity contribution in [1.29, 1.82) is 0 Å². The van der Waals surface area contributed by atoms with Gasteiger partial charge in [0.2, 0.25) is 15.9 Å². The quantitative estimate of drug-likeness (QED) is 0.713. The summed E-state index contributed by atoms with van der Waals surface area (Å²) in [5.41, 5.74) is 0.413. The van der Waals surface area contributed by atoms with Crippen molar-refractivity contribution >= 4 is 21.8 Å². The van der Waals surface area contributed by atoms with Gasteiger partial charge in [0.15, 0.2) is 0 Å². The fraction of sp³-hybridized carbons (Fsp3) is 0.636. The lowest BCUT2D eigenvalue weighted by Gasteiger charge is -2.30. The fourth-order valence-corrected chi connectivity index (χ4v) is 5.68. The number of nitrogens with zero attached hydrogens (tertiary/aromatic N) is 2. The topological polar surface area (TPSA) is 86.8 Å². The van der Waals surface area contributed by atoms with E-state index < -0.39 is 10.0 Å². The van der Waals surface area contributed by atoms with E-state index in [1.807, 2.05) is 4.90 Å². The number of benzene rings is 1. The molecule has 2 amide bonds. The molecule has 1 saturated carbocycles. The van der Waals surface area contributed by atoms with Crippen molar-refractivity contribution in [1.82, 2.24) is 14.5 Å². The Morgan fingerprint density at radius 2 is 1.73 bits per heavy atom. The zero-order valence-corrected chi connectivity index (χ0v) is 18.6. The second-order valence-electron chi connectivity index (χ2n) is 8.28. The molecule has 30 heavy (non-hydrogen) atoms. The molecule has 1 aromatic rings. The van der Waals surface area contributed by atoms with Gasteiger partial charge in [0, 0.05) is 44.7 Å². The number of hydrogen-bond donors (Lipinski definition) is 1. The molecule has 1 N–H and O–H groups in total. The molecule has 7 nitrogen and oxygen atoms in total. The Kier molecular flexibility index (Phi) is 7.88. The van der Waals surface area contributed by atoms with Crippen LogP contribution in [0.4, 0.5) is 0 Å². The lowest BCUT2D eigenvalue weighted by atomic mass is 9.96. The largest absolute Gasteiger partial charge is 0.350 e. The van der Waals surface area contributed by atoms with Gasteiger partial charge in [0.1, 0.15) is 0 Å². The van der Waals surface area contributed by atoms with E-state index in [2.05, 4.69) is 5.32 Å². The summed E-state index contributed by atoms with van der Waals surface area (Å²) in [5, 5.41) is 2.83. The monoisotopic (exact) mass is 435 g/mol. The fourth-order valence-electron chi connectivity index (χ4n) is 4.27. The van der Waals surface area contributed by atoms with Gasteiger partial charge in [0.25, 0.3) is 5.91 Å². The van der Waals surface area contributed by atoms with Crippen LogP contribution in [0.1, 0.15) is 68.1 Å². The minimum Gasteiger partial charge on any atom is -0.350 e. The molecule has 1 aliphatic heterocycles. The van der Waals surface area contributed by atoms with Crippen LogP contribution in [-0.4, -0.2) is 62.2 Å².